The fraction of sp³-hybridized carbons (Fsp3) is 0.167. The van der Waals surface area contributed by atoms with E-state index in [0.29, 0.717) is 12.1 Å². The van der Waals surface area contributed by atoms with Crippen molar-refractivity contribution in [1.82, 2.24) is 5.01 Å². The number of ether oxygens (including phenoxy) is 1. The Kier molecular flexibility index (Phi) is 7.60. The lowest BCUT2D eigenvalue weighted by molar-refractivity contribution is -0.130. The maximum atomic E-state index is 12.0. The third-order valence-electron chi connectivity index (χ3n) is 4.80. The summed E-state index contributed by atoms with van der Waals surface area (Å²) >= 11 is 9.65. The van der Waals surface area contributed by atoms with Gasteiger partial charge in [-0.15, -0.1) is 12.6 Å². The van der Waals surface area contributed by atoms with Gasteiger partial charge in [0.2, 0.25) is 5.91 Å². The molecule has 0 spiro atoms. The highest BCUT2D eigenvalue weighted by Crippen LogP contribution is 2.37. The number of methoxy groups -OCH3 is 1. The first-order valence-electron chi connectivity index (χ1n) is 9.69. The van der Waals surface area contributed by atoms with Crippen molar-refractivity contribution in [3.63, 3.8) is 0 Å². The molecule has 3 aromatic rings. The van der Waals surface area contributed by atoms with Gasteiger partial charge in [0.1, 0.15) is 5.75 Å². The van der Waals surface area contributed by atoms with Crippen molar-refractivity contribution in [3.05, 3.63) is 88.9 Å². The summed E-state index contributed by atoms with van der Waals surface area (Å²) in [6, 6.07) is 22.4. The molecule has 0 aliphatic carbocycles. The number of nitrogens with zero attached hydrogens (tertiary/aromatic N) is 2. The van der Waals surface area contributed by atoms with E-state index in [2.05, 4.69) is 17.7 Å². The van der Waals surface area contributed by atoms with E-state index in [1.807, 2.05) is 72.8 Å². The lowest BCUT2D eigenvalue weighted by atomic mass is 9.97. The van der Waals surface area contributed by atoms with Gasteiger partial charge in [-0.3, -0.25) is 4.79 Å². The minimum Gasteiger partial charge on any atom is -0.496 e. The third-order valence-corrected chi connectivity index (χ3v) is 5.35. The fourth-order valence-electron chi connectivity index (χ4n) is 3.28. The molecule has 0 radical (unpaired) electrons. The van der Waals surface area contributed by atoms with Gasteiger partial charge in [-0.05, 0) is 48.0 Å². The van der Waals surface area contributed by atoms with E-state index in [0.717, 1.165) is 32.5 Å². The number of thiol groups is 1. The Hall–Kier alpha value is -2.96. The highest BCUT2D eigenvalue weighted by molar-refractivity contribution is 7.80. The van der Waals surface area contributed by atoms with Crippen LogP contribution in [0.4, 0.5) is 5.69 Å². The molecule has 1 amide bonds. The average molecular weight is 454 g/mol. The maximum Gasteiger partial charge on any atom is 0.240 e. The molecular formula is C24H24ClN3O2S. The van der Waals surface area contributed by atoms with E-state index >= 15 is 0 Å². The Morgan fingerprint density at radius 3 is 2.32 bits per heavy atom. The van der Waals surface area contributed by atoms with Gasteiger partial charge >= 0.3 is 0 Å². The van der Waals surface area contributed by atoms with Gasteiger partial charge in [0.25, 0.3) is 0 Å². The summed E-state index contributed by atoms with van der Waals surface area (Å²) in [6.07, 6.45) is 0.643. The fourth-order valence-corrected chi connectivity index (χ4v) is 3.55. The number of carbonyl (C=O) groups is 1. The molecule has 0 bridgehead atoms. The molecule has 1 heterocycles. The topological polar surface area (TPSA) is 67.9 Å². The first-order chi connectivity index (χ1) is 14.9. The largest absolute Gasteiger partial charge is 0.496 e. The van der Waals surface area contributed by atoms with E-state index in [4.69, 9.17) is 22.1 Å². The minimum absolute atomic E-state index is 0.0913. The van der Waals surface area contributed by atoms with Crippen molar-refractivity contribution >= 4 is 41.5 Å². The molecule has 0 saturated carbocycles. The molecule has 5 nitrogen and oxygen atoms in total. The molecule has 31 heavy (non-hydrogen) atoms. The number of hydrogen-bond acceptors (Lipinski definition) is 5. The Morgan fingerprint density at radius 2 is 1.74 bits per heavy atom. The molecule has 1 aliphatic rings. The number of nitrogens with two attached hydrogens (primary N) is 1. The molecular weight excluding hydrogens is 430 g/mol. The predicted octanol–water partition coefficient (Wildman–Crippen LogP) is 5.60. The summed E-state index contributed by atoms with van der Waals surface area (Å²) in [5.74, 6) is 0.670. The number of amides is 1. The van der Waals surface area contributed by atoms with Crippen LogP contribution in [-0.4, -0.2) is 23.7 Å². The van der Waals surface area contributed by atoms with Gasteiger partial charge in [-0.25, -0.2) is 5.01 Å². The number of hydrogen-bond donors (Lipinski definition) is 2. The number of anilines is 1. The number of hydrazone groups is 1. The smallest absolute Gasteiger partial charge is 0.240 e. The standard InChI is InChI=1S/C18H19N3O2.C6H5ClS/c1-12(22)21-17(15-5-3-4-6-18(15)23-2)11-16(20-21)13-7-9-14(19)10-8-13;7-5-1-3-6(8)4-2-5/h3-10,17H,11,19H2,1-2H3;1-4,8H. The van der Waals surface area contributed by atoms with Crippen molar-refractivity contribution in [2.45, 2.75) is 24.3 Å². The van der Waals surface area contributed by atoms with Crippen LogP contribution in [0, 0.1) is 0 Å². The maximum absolute atomic E-state index is 12.0. The highest BCUT2D eigenvalue weighted by atomic mass is 35.5. The summed E-state index contributed by atoms with van der Waals surface area (Å²) in [7, 11) is 1.63. The summed E-state index contributed by atoms with van der Waals surface area (Å²) in [4.78, 5) is 13.0. The predicted molar refractivity (Wildman–Crippen MR) is 129 cm³/mol. The van der Waals surface area contributed by atoms with Crippen LogP contribution in [0.2, 0.25) is 5.02 Å². The van der Waals surface area contributed by atoms with Crippen LogP contribution in [0.25, 0.3) is 0 Å². The van der Waals surface area contributed by atoms with Gasteiger partial charge in [0.15, 0.2) is 0 Å². The molecule has 0 fully saturated rings. The van der Waals surface area contributed by atoms with Crippen LogP contribution in [0.15, 0.2) is 82.8 Å². The van der Waals surface area contributed by atoms with Gasteiger partial charge in [0, 0.05) is 34.5 Å². The van der Waals surface area contributed by atoms with E-state index in [1.165, 1.54) is 11.9 Å². The summed E-state index contributed by atoms with van der Waals surface area (Å²) in [6.45, 7) is 1.53. The molecule has 1 atom stereocenters. The lowest BCUT2D eigenvalue weighted by Crippen LogP contribution is -2.24. The summed E-state index contributed by atoms with van der Waals surface area (Å²) < 4.78 is 5.44. The number of para-hydroxylation sites is 1. The molecule has 4 rings (SSSR count). The molecule has 0 saturated heterocycles. The molecule has 2 N–H and O–H groups in total. The third kappa shape index (κ3) is 5.81. The first kappa shape index (κ1) is 22.7. The van der Waals surface area contributed by atoms with E-state index in [-0.39, 0.29) is 11.9 Å². The minimum atomic E-state index is -0.156. The van der Waals surface area contributed by atoms with Crippen LogP contribution < -0.4 is 10.5 Å². The molecule has 1 aliphatic heterocycles. The Morgan fingerprint density at radius 1 is 1.10 bits per heavy atom. The van der Waals surface area contributed by atoms with Gasteiger partial charge in [0.05, 0.1) is 18.9 Å². The van der Waals surface area contributed by atoms with Crippen LogP contribution >= 0.6 is 24.2 Å². The van der Waals surface area contributed by atoms with Gasteiger partial charge < -0.3 is 10.5 Å². The summed E-state index contributed by atoms with van der Waals surface area (Å²) in [5.41, 5.74) is 9.25. The zero-order chi connectivity index (χ0) is 22.4. The highest BCUT2D eigenvalue weighted by Gasteiger charge is 2.33. The zero-order valence-electron chi connectivity index (χ0n) is 17.3. The number of rotatable bonds is 3. The lowest BCUT2D eigenvalue weighted by Gasteiger charge is -2.22. The van der Waals surface area contributed by atoms with Crippen LogP contribution in [-0.2, 0) is 4.79 Å². The number of halogens is 1. The Labute approximate surface area is 192 Å². The molecule has 3 aromatic carbocycles. The average Bonchev–Trinajstić information content (AvgIpc) is 3.22. The van der Waals surface area contributed by atoms with Crippen molar-refractivity contribution in [2.75, 3.05) is 12.8 Å². The Balaban J connectivity index is 0.000000287. The van der Waals surface area contributed by atoms with Crippen molar-refractivity contribution < 1.29 is 9.53 Å². The second-order valence-corrected chi connectivity index (χ2v) is 7.92. The molecule has 7 heteroatoms. The van der Waals surface area contributed by atoms with Crippen molar-refractivity contribution in [3.8, 4) is 5.75 Å². The monoisotopic (exact) mass is 453 g/mol. The first-order valence-corrected chi connectivity index (χ1v) is 10.5. The molecule has 160 valence electrons. The van der Waals surface area contributed by atoms with Gasteiger partial charge in [-0.1, -0.05) is 41.9 Å². The quantitative estimate of drug-likeness (QED) is 0.400. The number of carbonyl (C=O) groups excluding carboxylic acids is 1. The van der Waals surface area contributed by atoms with Crippen molar-refractivity contribution in [2.24, 2.45) is 5.10 Å². The van der Waals surface area contributed by atoms with E-state index < -0.39 is 0 Å². The summed E-state index contributed by atoms with van der Waals surface area (Å²) in [5, 5.41) is 6.81. The van der Waals surface area contributed by atoms with Crippen LogP contribution in [0.3, 0.4) is 0 Å². The molecule has 1 unspecified atom stereocenters. The van der Waals surface area contributed by atoms with Crippen molar-refractivity contribution in [1.29, 1.82) is 0 Å². The Bertz CT molecular complexity index is 1050. The SMILES string of the molecule is COc1ccccc1C1CC(c2ccc(N)cc2)=NN1C(C)=O.Sc1ccc(Cl)cc1. The zero-order valence-corrected chi connectivity index (χ0v) is 19.0. The second-order valence-electron chi connectivity index (χ2n) is 6.97. The number of benzene rings is 3. The van der Waals surface area contributed by atoms with Crippen LogP contribution in [0.5, 0.6) is 5.75 Å². The molecule has 0 aromatic heterocycles. The second kappa shape index (κ2) is 10.4. The number of nitrogen functional groups attached to an aromatic ring is 1. The van der Waals surface area contributed by atoms with Crippen LogP contribution in [0.1, 0.15) is 30.5 Å². The van der Waals surface area contributed by atoms with E-state index in [9.17, 15) is 4.79 Å². The normalized spacial score (nSPS) is 15.0. The van der Waals surface area contributed by atoms with Gasteiger partial charge in [-0.2, -0.15) is 5.10 Å². The van der Waals surface area contributed by atoms with E-state index in [1.54, 1.807) is 7.11 Å².